The molecule has 0 spiro atoms. The normalized spacial score (nSPS) is 12.2. The Hall–Kier alpha value is -4.71. The van der Waals surface area contributed by atoms with Crippen LogP contribution in [0.2, 0.25) is 0 Å². The fourth-order valence-corrected chi connectivity index (χ4v) is 4.34. The number of aromatic amines is 2. The van der Waals surface area contributed by atoms with E-state index in [1.807, 2.05) is 26.4 Å². The minimum atomic E-state index is -4.51. The van der Waals surface area contributed by atoms with Crippen LogP contribution in [-0.2, 0) is 12.7 Å². The van der Waals surface area contributed by atoms with Gasteiger partial charge in [0.2, 0.25) is 0 Å². The number of pyridine rings is 4. The van der Waals surface area contributed by atoms with E-state index in [-0.39, 0.29) is 5.56 Å². The van der Waals surface area contributed by atoms with E-state index < -0.39 is 11.7 Å². The molecule has 2 N–H and O–H groups in total. The van der Waals surface area contributed by atoms with Gasteiger partial charge in [-0.2, -0.15) is 18.3 Å². The molecule has 0 radical (unpaired) electrons. The lowest BCUT2D eigenvalue weighted by Crippen LogP contribution is -2.10. The average molecular weight is 516 g/mol. The van der Waals surface area contributed by atoms with Crippen LogP contribution in [0, 0.1) is 0 Å². The Bertz CT molecular complexity index is 1790. The average Bonchev–Trinajstić information content (AvgIpc) is 3.51. The zero-order valence-electron chi connectivity index (χ0n) is 20.2. The summed E-state index contributed by atoms with van der Waals surface area (Å²) >= 11 is 0. The largest absolute Gasteiger partial charge is 0.417 e. The summed E-state index contributed by atoms with van der Waals surface area (Å²) in [7, 11) is 3.99. The number of hydrogen-bond acceptors (Lipinski definition) is 7. The third-order valence-corrected chi connectivity index (χ3v) is 6.04. The number of imidazole rings is 1. The first-order valence-corrected chi connectivity index (χ1v) is 11.6. The lowest BCUT2D eigenvalue weighted by atomic mass is 10.1. The number of H-pyrrole nitrogens is 2. The maximum Gasteiger partial charge on any atom is 0.417 e. The minimum Gasteiger partial charge on any atom is -0.335 e. The van der Waals surface area contributed by atoms with Crippen molar-refractivity contribution < 1.29 is 13.2 Å². The Morgan fingerprint density at radius 1 is 0.842 bits per heavy atom. The predicted octanol–water partition coefficient (Wildman–Crippen LogP) is 5.10. The van der Waals surface area contributed by atoms with Gasteiger partial charge in [0.25, 0.3) is 0 Å². The number of nitrogens with one attached hydrogen (secondary N) is 2. The minimum absolute atomic E-state index is 0.263. The fraction of sp³-hybridized carbons (Fsp3) is 0.154. The van der Waals surface area contributed by atoms with Gasteiger partial charge in [-0.3, -0.25) is 20.1 Å². The van der Waals surface area contributed by atoms with E-state index in [0.29, 0.717) is 33.8 Å². The van der Waals surface area contributed by atoms with Crippen molar-refractivity contribution in [3.05, 3.63) is 72.7 Å². The second-order valence-corrected chi connectivity index (χ2v) is 9.14. The van der Waals surface area contributed by atoms with Gasteiger partial charge in [-0.25, -0.2) is 9.97 Å². The first-order valence-electron chi connectivity index (χ1n) is 11.6. The summed E-state index contributed by atoms with van der Waals surface area (Å²) in [5.41, 5.74) is 4.81. The van der Waals surface area contributed by atoms with Crippen LogP contribution in [-0.4, -0.2) is 59.1 Å². The van der Waals surface area contributed by atoms with E-state index in [4.69, 9.17) is 4.98 Å². The Morgan fingerprint density at radius 3 is 2.42 bits per heavy atom. The number of hydrogen-bond donors (Lipinski definition) is 2. The molecule has 0 atom stereocenters. The summed E-state index contributed by atoms with van der Waals surface area (Å²) in [5.74, 6) is 0.454. The van der Waals surface area contributed by atoms with Gasteiger partial charge in [0.05, 0.1) is 22.7 Å². The molecule has 0 fully saturated rings. The molecular weight excluding hydrogens is 495 g/mol. The quantitative estimate of drug-likeness (QED) is 0.329. The molecular formula is C26H20F3N9. The summed E-state index contributed by atoms with van der Waals surface area (Å²) in [5, 5.41) is 8.02. The number of alkyl halides is 3. The molecule has 6 heterocycles. The topological polar surface area (TPSA) is 112 Å². The highest BCUT2D eigenvalue weighted by molar-refractivity contribution is 5.96. The van der Waals surface area contributed by atoms with E-state index in [1.165, 1.54) is 12.4 Å². The van der Waals surface area contributed by atoms with Crippen molar-refractivity contribution in [3.63, 3.8) is 0 Å². The van der Waals surface area contributed by atoms with Gasteiger partial charge in [0.15, 0.2) is 11.5 Å². The highest BCUT2D eigenvalue weighted by atomic mass is 19.4. The van der Waals surface area contributed by atoms with Crippen molar-refractivity contribution in [2.75, 3.05) is 14.1 Å². The van der Waals surface area contributed by atoms with Crippen LogP contribution in [0.5, 0.6) is 0 Å². The number of nitrogens with zero attached hydrogens (tertiary/aromatic N) is 7. The lowest BCUT2D eigenvalue weighted by molar-refractivity contribution is -0.137. The highest BCUT2D eigenvalue weighted by Crippen LogP contribution is 2.35. The van der Waals surface area contributed by atoms with Crippen molar-refractivity contribution in [3.8, 4) is 33.8 Å². The molecule has 6 aromatic heterocycles. The maximum atomic E-state index is 13.3. The smallest absolute Gasteiger partial charge is 0.335 e. The van der Waals surface area contributed by atoms with Crippen molar-refractivity contribution in [1.82, 2.24) is 45.0 Å². The Kier molecular flexibility index (Phi) is 5.60. The molecule has 9 nitrogen and oxygen atoms in total. The Balaban J connectivity index is 1.43. The van der Waals surface area contributed by atoms with Gasteiger partial charge >= 0.3 is 6.18 Å². The predicted molar refractivity (Wildman–Crippen MR) is 136 cm³/mol. The highest BCUT2D eigenvalue weighted by Gasteiger charge is 2.31. The molecule has 0 saturated carbocycles. The monoisotopic (exact) mass is 515 g/mol. The SMILES string of the molecule is CN(C)Cc1cncc(-c2cnc3n[nH]c(-c4nc5c(-c6cncc(C(F)(F)F)c6)cncc5[nH]4)c3c2)c1. The van der Waals surface area contributed by atoms with Crippen LogP contribution >= 0.6 is 0 Å². The molecule has 0 aliphatic rings. The summed E-state index contributed by atoms with van der Waals surface area (Å²) in [6.07, 6.45) is 6.04. The second kappa shape index (κ2) is 8.99. The summed E-state index contributed by atoms with van der Waals surface area (Å²) in [6.45, 7) is 0.754. The van der Waals surface area contributed by atoms with E-state index in [0.717, 1.165) is 40.9 Å². The number of rotatable bonds is 5. The van der Waals surface area contributed by atoms with Crippen LogP contribution < -0.4 is 0 Å². The number of fused-ring (bicyclic) bond motifs is 2. The molecule has 6 rings (SSSR count). The zero-order valence-corrected chi connectivity index (χ0v) is 20.2. The molecule has 190 valence electrons. The van der Waals surface area contributed by atoms with Crippen LogP contribution in [0.1, 0.15) is 11.1 Å². The van der Waals surface area contributed by atoms with Gasteiger partial charge in [-0.05, 0) is 37.9 Å². The summed E-state index contributed by atoms with van der Waals surface area (Å²) in [6, 6.07) is 5.07. The number of halogens is 3. The van der Waals surface area contributed by atoms with Crippen LogP contribution in [0.15, 0.2) is 61.6 Å². The van der Waals surface area contributed by atoms with Crippen LogP contribution in [0.25, 0.3) is 55.8 Å². The standard InChI is InChI=1S/C26H20F3N9/c1-38(2)13-14-3-15(7-30-6-14)16-5-19-23(36-37-24(19)33-9-16)25-34-21-12-32-11-20(22(21)35-25)17-4-18(10-31-8-17)26(27,28)29/h3-12H,13H2,1-2H3,(H,34,35)(H,33,36,37). The second-order valence-electron chi connectivity index (χ2n) is 9.14. The Morgan fingerprint density at radius 2 is 1.61 bits per heavy atom. The van der Waals surface area contributed by atoms with Gasteiger partial charge in [-0.1, -0.05) is 0 Å². The van der Waals surface area contributed by atoms with Gasteiger partial charge < -0.3 is 9.88 Å². The van der Waals surface area contributed by atoms with Crippen LogP contribution in [0.3, 0.4) is 0 Å². The summed E-state index contributed by atoms with van der Waals surface area (Å²) < 4.78 is 39.8. The molecule has 38 heavy (non-hydrogen) atoms. The first-order chi connectivity index (χ1) is 18.3. The van der Waals surface area contributed by atoms with Crippen molar-refractivity contribution in [1.29, 1.82) is 0 Å². The fourth-order valence-electron chi connectivity index (χ4n) is 4.34. The molecule has 0 amide bonds. The van der Waals surface area contributed by atoms with Crippen molar-refractivity contribution >= 4 is 22.1 Å². The van der Waals surface area contributed by atoms with Gasteiger partial charge in [0.1, 0.15) is 11.2 Å². The van der Waals surface area contributed by atoms with Gasteiger partial charge in [0, 0.05) is 66.0 Å². The molecule has 0 unspecified atom stereocenters. The number of aromatic nitrogens is 8. The van der Waals surface area contributed by atoms with E-state index in [1.54, 1.807) is 18.6 Å². The zero-order chi connectivity index (χ0) is 26.4. The first kappa shape index (κ1) is 23.7. The van der Waals surface area contributed by atoms with Crippen LogP contribution in [0.4, 0.5) is 13.2 Å². The molecule has 0 bridgehead atoms. The Labute approximate surface area is 213 Å². The molecule has 0 aromatic carbocycles. The van der Waals surface area contributed by atoms with Gasteiger partial charge in [-0.15, -0.1) is 0 Å². The van der Waals surface area contributed by atoms with Crippen molar-refractivity contribution in [2.45, 2.75) is 12.7 Å². The van der Waals surface area contributed by atoms with E-state index >= 15 is 0 Å². The molecule has 0 aliphatic heterocycles. The third-order valence-electron chi connectivity index (χ3n) is 6.04. The van der Waals surface area contributed by atoms with Crippen molar-refractivity contribution in [2.24, 2.45) is 0 Å². The van der Waals surface area contributed by atoms with E-state index in [2.05, 4.69) is 46.1 Å². The summed E-state index contributed by atoms with van der Waals surface area (Å²) in [4.78, 5) is 26.8. The molecule has 12 heteroatoms. The molecule has 0 saturated heterocycles. The maximum absolute atomic E-state index is 13.3. The van der Waals surface area contributed by atoms with E-state index in [9.17, 15) is 13.2 Å². The third kappa shape index (κ3) is 4.34. The molecule has 6 aromatic rings. The molecule has 0 aliphatic carbocycles. The lowest BCUT2D eigenvalue weighted by Gasteiger charge is -2.10.